The molecule has 0 saturated heterocycles. The summed E-state index contributed by atoms with van der Waals surface area (Å²) in [5.41, 5.74) is 3.72. The molecule has 0 aromatic carbocycles. The van der Waals surface area contributed by atoms with E-state index in [1.165, 1.54) is 17.5 Å². The Balaban J connectivity index is -0.000000209. The van der Waals surface area contributed by atoms with Crippen LogP contribution in [-0.2, 0) is 0 Å². The average Bonchev–Trinajstić information content (AvgIpc) is 2.52. The van der Waals surface area contributed by atoms with Gasteiger partial charge in [-0.05, 0) is 31.1 Å². The number of nitrogens with one attached hydrogen (secondary N) is 1. The van der Waals surface area contributed by atoms with Crippen LogP contribution < -0.4 is 0 Å². The first-order chi connectivity index (χ1) is 6.67. The summed E-state index contributed by atoms with van der Waals surface area (Å²) in [6.07, 6.45) is 5.08. The second-order valence-corrected chi connectivity index (χ2v) is 2.92. The van der Waals surface area contributed by atoms with E-state index in [-0.39, 0.29) is 1.43 Å². The highest BCUT2D eigenvalue weighted by Gasteiger charge is 1.96. The summed E-state index contributed by atoms with van der Waals surface area (Å²) in [7, 11) is 0. The van der Waals surface area contributed by atoms with Crippen molar-refractivity contribution >= 4 is 6.08 Å². The van der Waals surface area contributed by atoms with Crippen LogP contribution in [0, 0.1) is 13.8 Å². The third-order valence-electron chi connectivity index (χ3n) is 1.64. The highest BCUT2D eigenvalue weighted by molar-refractivity contribution is 5.49. The van der Waals surface area contributed by atoms with Crippen molar-refractivity contribution in [1.82, 2.24) is 4.98 Å². The summed E-state index contributed by atoms with van der Waals surface area (Å²) in [5.74, 6) is 0. The van der Waals surface area contributed by atoms with Crippen molar-refractivity contribution < 1.29 is 1.43 Å². The third-order valence-corrected chi connectivity index (χ3v) is 1.64. The summed E-state index contributed by atoms with van der Waals surface area (Å²) in [5, 5.41) is 0. The van der Waals surface area contributed by atoms with Gasteiger partial charge in [0.25, 0.3) is 0 Å². The molecule has 0 saturated carbocycles. The third kappa shape index (κ3) is 5.63. The van der Waals surface area contributed by atoms with E-state index in [9.17, 15) is 0 Å². The van der Waals surface area contributed by atoms with E-state index in [4.69, 9.17) is 0 Å². The van der Waals surface area contributed by atoms with Gasteiger partial charge in [-0.25, -0.2) is 0 Å². The molecule has 1 aromatic rings. The second-order valence-electron chi connectivity index (χ2n) is 2.92. The molecule has 0 radical (unpaired) electrons. The molecule has 1 N–H and O–H groups in total. The molecule has 0 atom stereocenters. The van der Waals surface area contributed by atoms with Crippen LogP contribution in [0.1, 0.15) is 52.4 Å². The topological polar surface area (TPSA) is 15.8 Å². The molecule has 0 aliphatic rings. The SMILES string of the molecule is C=Cc1[nH]cc(C)c1C.CC.CCC.[HH]. The zero-order valence-corrected chi connectivity index (χ0v) is 10.6. The smallest absolute Gasteiger partial charge is 0.0406 e. The van der Waals surface area contributed by atoms with Gasteiger partial charge >= 0.3 is 0 Å². The fourth-order valence-electron chi connectivity index (χ4n) is 0.827. The minimum Gasteiger partial charge on any atom is -0.361 e. The van der Waals surface area contributed by atoms with Gasteiger partial charge in [0.15, 0.2) is 0 Å². The Bertz CT molecular complexity index is 239. The number of hydrogen-bond acceptors (Lipinski definition) is 0. The summed E-state index contributed by atoms with van der Waals surface area (Å²) in [4.78, 5) is 3.11. The lowest BCUT2D eigenvalue weighted by Crippen LogP contribution is -1.73. The molecule has 84 valence electrons. The Morgan fingerprint density at radius 3 is 1.93 bits per heavy atom. The molecule has 1 rings (SSSR count). The average molecular weight is 197 g/mol. The first-order valence-corrected chi connectivity index (χ1v) is 5.44. The Labute approximate surface area is 90.7 Å². The zero-order valence-electron chi connectivity index (χ0n) is 10.6. The summed E-state index contributed by atoms with van der Waals surface area (Å²) >= 11 is 0. The number of aromatic amines is 1. The molecule has 0 spiro atoms. The predicted molar refractivity (Wildman–Crippen MR) is 69.8 cm³/mol. The Morgan fingerprint density at radius 1 is 1.36 bits per heavy atom. The van der Waals surface area contributed by atoms with Gasteiger partial charge < -0.3 is 4.98 Å². The molecule has 1 aromatic heterocycles. The molecule has 0 aliphatic heterocycles. The maximum Gasteiger partial charge on any atom is 0.0406 e. The lowest BCUT2D eigenvalue weighted by molar-refractivity contribution is 1.09. The highest BCUT2D eigenvalue weighted by atomic mass is 14.7. The highest BCUT2D eigenvalue weighted by Crippen LogP contribution is 2.11. The van der Waals surface area contributed by atoms with Crippen LogP contribution >= 0.6 is 0 Å². The van der Waals surface area contributed by atoms with Crippen molar-refractivity contribution in [3.05, 3.63) is 29.6 Å². The number of aryl methyl sites for hydroxylation is 1. The van der Waals surface area contributed by atoms with Gasteiger partial charge in [0.05, 0.1) is 0 Å². The normalized spacial score (nSPS) is 7.86. The molecule has 0 fully saturated rings. The molecule has 0 bridgehead atoms. The van der Waals surface area contributed by atoms with Crippen LogP contribution in [0.4, 0.5) is 0 Å². The fourth-order valence-corrected chi connectivity index (χ4v) is 0.827. The Morgan fingerprint density at radius 2 is 1.79 bits per heavy atom. The van der Waals surface area contributed by atoms with Crippen LogP contribution in [0.2, 0.25) is 0 Å². The standard InChI is InChI=1S/C8H11N.C3H8.C2H6.H2/c1-4-8-7(3)6(2)5-9-8;1-3-2;1-2;/h4-5,9H,1H2,2-3H3;3H2,1-2H3;1-2H3;1H. The van der Waals surface area contributed by atoms with E-state index in [1.54, 1.807) is 0 Å². The predicted octanol–water partition coefficient (Wildman–Crippen LogP) is 4.96. The largest absolute Gasteiger partial charge is 0.361 e. The van der Waals surface area contributed by atoms with E-state index in [0.717, 1.165) is 5.69 Å². The molecule has 1 nitrogen and oxygen atoms in total. The van der Waals surface area contributed by atoms with Crippen molar-refractivity contribution in [2.45, 2.75) is 48.0 Å². The number of hydrogen-bond donors (Lipinski definition) is 1. The molecule has 0 aliphatic carbocycles. The molecular formula is C13H27N. The van der Waals surface area contributed by atoms with E-state index < -0.39 is 0 Å². The van der Waals surface area contributed by atoms with Crippen molar-refractivity contribution in [3.63, 3.8) is 0 Å². The van der Waals surface area contributed by atoms with E-state index in [1.807, 2.05) is 26.1 Å². The summed E-state index contributed by atoms with van der Waals surface area (Å²) < 4.78 is 0. The summed E-state index contributed by atoms with van der Waals surface area (Å²) in [6, 6.07) is 0. The van der Waals surface area contributed by atoms with Crippen LogP contribution in [0.15, 0.2) is 12.8 Å². The molecule has 1 heterocycles. The first kappa shape index (κ1) is 15.5. The van der Waals surface area contributed by atoms with Gasteiger partial charge in [-0.15, -0.1) is 0 Å². The van der Waals surface area contributed by atoms with E-state index in [2.05, 4.69) is 39.3 Å². The molecular weight excluding hydrogens is 170 g/mol. The number of rotatable bonds is 1. The monoisotopic (exact) mass is 197 g/mol. The number of H-pyrrole nitrogens is 1. The molecule has 14 heavy (non-hydrogen) atoms. The van der Waals surface area contributed by atoms with Gasteiger partial charge in [0.1, 0.15) is 0 Å². The molecule has 0 amide bonds. The van der Waals surface area contributed by atoms with Gasteiger partial charge in [-0.3, -0.25) is 0 Å². The molecule has 1 heteroatoms. The van der Waals surface area contributed by atoms with Gasteiger partial charge in [0, 0.05) is 13.3 Å². The minimum absolute atomic E-state index is 0. The van der Waals surface area contributed by atoms with Gasteiger partial charge in [-0.1, -0.05) is 40.7 Å². The van der Waals surface area contributed by atoms with Crippen molar-refractivity contribution in [2.75, 3.05) is 0 Å². The fraction of sp³-hybridized carbons (Fsp3) is 0.538. The van der Waals surface area contributed by atoms with E-state index >= 15 is 0 Å². The van der Waals surface area contributed by atoms with Crippen LogP contribution in [0.25, 0.3) is 6.08 Å². The van der Waals surface area contributed by atoms with Crippen molar-refractivity contribution in [3.8, 4) is 0 Å². The van der Waals surface area contributed by atoms with Crippen LogP contribution in [-0.4, -0.2) is 4.98 Å². The van der Waals surface area contributed by atoms with Crippen molar-refractivity contribution in [1.29, 1.82) is 0 Å². The Hall–Kier alpha value is -0.980. The maximum absolute atomic E-state index is 3.67. The lowest BCUT2D eigenvalue weighted by atomic mass is 10.2. The summed E-state index contributed by atoms with van der Waals surface area (Å²) in [6.45, 7) is 16.1. The van der Waals surface area contributed by atoms with Crippen LogP contribution in [0.3, 0.4) is 0 Å². The Kier molecular flexibility index (Phi) is 11.2. The molecule has 0 unspecified atom stereocenters. The van der Waals surface area contributed by atoms with E-state index in [0.29, 0.717) is 0 Å². The number of aromatic nitrogens is 1. The van der Waals surface area contributed by atoms with Crippen molar-refractivity contribution in [2.24, 2.45) is 0 Å². The minimum atomic E-state index is 0. The van der Waals surface area contributed by atoms with Crippen LogP contribution in [0.5, 0.6) is 0 Å². The quantitative estimate of drug-likeness (QED) is 0.654. The van der Waals surface area contributed by atoms with Gasteiger partial charge in [0.2, 0.25) is 0 Å². The van der Waals surface area contributed by atoms with Gasteiger partial charge in [-0.2, -0.15) is 0 Å². The lowest BCUT2D eigenvalue weighted by Gasteiger charge is -1.88. The first-order valence-electron chi connectivity index (χ1n) is 5.44. The zero-order chi connectivity index (χ0) is 11.6. The maximum atomic E-state index is 3.67. The second kappa shape index (κ2) is 10.1.